The lowest BCUT2D eigenvalue weighted by atomic mass is 9.92. The molecule has 11 heteroatoms. The van der Waals surface area contributed by atoms with Crippen LogP contribution < -0.4 is 11.1 Å². The van der Waals surface area contributed by atoms with E-state index >= 15 is 0 Å². The van der Waals surface area contributed by atoms with Crippen LogP contribution in [-0.4, -0.2) is 46.8 Å². The number of sulfone groups is 1. The third kappa shape index (κ3) is 4.49. The second-order valence-corrected chi connectivity index (χ2v) is 11.8. The predicted octanol–water partition coefficient (Wildman–Crippen LogP) is 2.73. The van der Waals surface area contributed by atoms with Crippen molar-refractivity contribution in [3.8, 4) is 0 Å². The third-order valence-corrected chi connectivity index (χ3v) is 7.92. The topological polar surface area (TPSA) is 127 Å². The number of aliphatic hydroxyl groups is 1. The molecule has 2 aliphatic rings. The van der Waals surface area contributed by atoms with E-state index in [2.05, 4.69) is 10.4 Å². The van der Waals surface area contributed by atoms with Crippen LogP contribution in [0.2, 0.25) is 5.02 Å². The lowest BCUT2D eigenvalue weighted by molar-refractivity contribution is 0.0613. The number of aryl methyl sites for hydroxylation is 1. The summed E-state index contributed by atoms with van der Waals surface area (Å²) in [6.07, 6.45) is 3.35. The van der Waals surface area contributed by atoms with E-state index in [4.69, 9.17) is 17.3 Å². The molecule has 2 aromatic rings. The Morgan fingerprint density at radius 2 is 2.00 bits per heavy atom. The molecule has 0 radical (unpaired) electrons. The number of nitrogens with two attached hydrogens (primary N) is 1. The maximum atomic E-state index is 13.4. The summed E-state index contributed by atoms with van der Waals surface area (Å²) in [7, 11) is -1.63. The Morgan fingerprint density at radius 3 is 2.56 bits per heavy atom. The Bertz CT molecular complexity index is 1170. The molecular formula is C21H26ClFN4O4S. The van der Waals surface area contributed by atoms with Gasteiger partial charge in [0, 0.05) is 24.9 Å². The van der Waals surface area contributed by atoms with Gasteiger partial charge in [0.15, 0.2) is 0 Å². The van der Waals surface area contributed by atoms with E-state index in [1.54, 1.807) is 7.05 Å². The van der Waals surface area contributed by atoms with Gasteiger partial charge < -0.3 is 16.2 Å². The first kappa shape index (κ1) is 23.0. The molecule has 0 spiro atoms. The molecule has 174 valence electrons. The molecule has 2 aliphatic carbocycles. The highest BCUT2D eigenvalue weighted by Gasteiger charge is 2.51. The number of hydrogen-bond donors (Lipinski definition) is 3. The Balaban J connectivity index is 1.53. The summed E-state index contributed by atoms with van der Waals surface area (Å²) in [5.41, 5.74) is 6.15. The summed E-state index contributed by atoms with van der Waals surface area (Å²) in [6, 6.07) is 3.90. The molecule has 0 aliphatic heterocycles. The zero-order valence-electron chi connectivity index (χ0n) is 17.8. The maximum Gasteiger partial charge on any atom is 0.261 e. The van der Waals surface area contributed by atoms with Crippen molar-refractivity contribution in [2.45, 2.75) is 37.2 Å². The summed E-state index contributed by atoms with van der Waals surface area (Å²) in [4.78, 5) is 13.0. The molecule has 32 heavy (non-hydrogen) atoms. The fraction of sp³-hybridized carbons (Fsp3) is 0.524. The van der Waals surface area contributed by atoms with Gasteiger partial charge in [-0.05, 0) is 55.7 Å². The number of aromatic nitrogens is 2. The molecule has 1 aromatic carbocycles. The van der Waals surface area contributed by atoms with Gasteiger partial charge in [0.05, 0.1) is 22.1 Å². The summed E-state index contributed by atoms with van der Waals surface area (Å²) in [5.74, 6) is -0.783. The number of fused-ring (bicyclic) bond motifs is 1. The highest BCUT2D eigenvalue weighted by atomic mass is 35.5. The first-order chi connectivity index (χ1) is 14.8. The summed E-state index contributed by atoms with van der Waals surface area (Å²) in [6.45, 7) is 0. The molecule has 4 rings (SSSR count). The van der Waals surface area contributed by atoms with Gasteiger partial charge in [-0.15, -0.1) is 0 Å². The fourth-order valence-electron chi connectivity index (χ4n) is 5.44. The summed E-state index contributed by atoms with van der Waals surface area (Å²) >= 11 is 5.81. The number of anilines is 2. The number of nitrogens with one attached hydrogen (secondary N) is 1. The Hall–Kier alpha value is -2.17. The highest BCUT2D eigenvalue weighted by Crippen LogP contribution is 2.54. The van der Waals surface area contributed by atoms with E-state index in [0.717, 1.165) is 6.26 Å². The van der Waals surface area contributed by atoms with Crippen molar-refractivity contribution in [2.24, 2.45) is 18.9 Å². The quantitative estimate of drug-likeness (QED) is 0.598. The largest absolute Gasteiger partial charge is 0.389 e. The monoisotopic (exact) mass is 484 g/mol. The molecule has 8 nitrogen and oxygen atoms in total. The minimum atomic E-state index is -3.29. The van der Waals surface area contributed by atoms with Gasteiger partial charge >= 0.3 is 0 Å². The number of hydrogen-bond acceptors (Lipinski definition) is 6. The molecule has 0 saturated heterocycles. The lowest BCUT2D eigenvalue weighted by Gasteiger charge is -2.23. The van der Waals surface area contributed by atoms with Crippen molar-refractivity contribution in [1.29, 1.82) is 0 Å². The third-order valence-electron chi connectivity index (χ3n) is 6.57. The van der Waals surface area contributed by atoms with Crippen LogP contribution in [0.5, 0.6) is 0 Å². The van der Waals surface area contributed by atoms with Crippen LogP contribution in [0.1, 0.15) is 47.7 Å². The number of halogens is 2. The maximum absolute atomic E-state index is 13.4. The fourth-order valence-corrected chi connectivity index (χ4v) is 6.84. The molecule has 2 atom stereocenters. The van der Waals surface area contributed by atoms with Gasteiger partial charge in [-0.1, -0.05) is 11.6 Å². The molecule has 1 aromatic heterocycles. The van der Waals surface area contributed by atoms with Gasteiger partial charge in [0.1, 0.15) is 27.0 Å². The molecule has 1 heterocycles. The van der Waals surface area contributed by atoms with Crippen molar-refractivity contribution in [3.63, 3.8) is 0 Å². The highest BCUT2D eigenvalue weighted by molar-refractivity contribution is 7.90. The van der Waals surface area contributed by atoms with E-state index in [1.807, 2.05) is 0 Å². The van der Waals surface area contributed by atoms with E-state index in [0.29, 0.717) is 37.1 Å². The van der Waals surface area contributed by atoms with Crippen molar-refractivity contribution in [3.05, 3.63) is 40.3 Å². The van der Waals surface area contributed by atoms with Crippen LogP contribution in [0, 0.1) is 17.7 Å². The van der Waals surface area contributed by atoms with Gasteiger partial charge in [0.25, 0.3) is 5.91 Å². The van der Waals surface area contributed by atoms with Crippen molar-refractivity contribution >= 4 is 38.9 Å². The Kier molecular flexibility index (Phi) is 5.75. The first-order valence-electron chi connectivity index (χ1n) is 10.3. The van der Waals surface area contributed by atoms with Crippen LogP contribution >= 0.6 is 11.6 Å². The second kappa shape index (κ2) is 8.00. The molecule has 2 fully saturated rings. The van der Waals surface area contributed by atoms with Gasteiger partial charge in [-0.2, -0.15) is 5.10 Å². The van der Waals surface area contributed by atoms with Crippen molar-refractivity contribution in [1.82, 2.24) is 9.78 Å². The SMILES string of the molecule is Cn1nc(C2CC3CC(O)(CS(C)(=O)=O)CC3C2)c(C(=O)Nc2ccc(F)c(Cl)c2)c1N. The summed E-state index contributed by atoms with van der Waals surface area (Å²) < 4.78 is 38.3. The first-order valence-corrected chi connectivity index (χ1v) is 12.8. The van der Waals surface area contributed by atoms with Gasteiger partial charge in [-0.3, -0.25) is 9.48 Å². The van der Waals surface area contributed by atoms with Gasteiger partial charge in [0.2, 0.25) is 0 Å². The molecule has 0 bridgehead atoms. The number of rotatable bonds is 5. The van der Waals surface area contributed by atoms with Crippen LogP contribution in [0.25, 0.3) is 0 Å². The zero-order valence-corrected chi connectivity index (χ0v) is 19.4. The van der Waals surface area contributed by atoms with Gasteiger partial charge in [-0.25, -0.2) is 12.8 Å². The number of carbonyl (C=O) groups is 1. The normalized spacial score (nSPS) is 27.5. The lowest BCUT2D eigenvalue weighted by Crippen LogP contribution is -2.34. The Morgan fingerprint density at radius 1 is 1.38 bits per heavy atom. The van der Waals surface area contributed by atoms with E-state index < -0.39 is 27.2 Å². The average molecular weight is 485 g/mol. The standard InChI is InChI=1S/C21H26ClFN4O4S/c1-27-19(24)17(20(28)25-14-3-4-16(23)15(22)7-14)18(26-27)11-5-12-8-21(29,9-13(12)6-11)10-32(2,30)31/h3-4,7,11-13,29H,5-6,8-10,24H2,1-2H3,(H,25,28). The molecular weight excluding hydrogens is 459 g/mol. The minimum absolute atomic E-state index is 0.0335. The van der Waals surface area contributed by atoms with E-state index in [-0.39, 0.29) is 39.9 Å². The van der Waals surface area contributed by atoms with Crippen LogP contribution in [0.4, 0.5) is 15.9 Å². The molecule has 2 saturated carbocycles. The number of nitrogen functional groups attached to an aromatic ring is 1. The number of carbonyl (C=O) groups excluding carboxylic acids is 1. The number of benzene rings is 1. The molecule has 2 unspecified atom stereocenters. The number of amides is 1. The minimum Gasteiger partial charge on any atom is -0.389 e. The van der Waals surface area contributed by atoms with Crippen LogP contribution in [-0.2, 0) is 16.9 Å². The summed E-state index contributed by atoms with van der Waals surface area (Å²) in [5, 5.41) is 17.9. The van der Waals surface area contributed by atoms with Crippen molar-refractivity contribution < 1.29 is 22.7 Å². The second-order valence-electron chi connectivity index (χ2n) is 9.24. The van der Waals surface area contributed by atoms with E-state index in [9.17, 15) is 22.7 Å². The average Bonchev–Trinajstić information content (AvgIpc) is 3.26. The zero-order chi connectivity index (χ0) is 23.4. The van der Waals surface area contributed by atoms with Crippen LogP contribution in [0.15, 0.2) is 18.2 Å². The molecule has 4 N–H and O–H groups in total. The Labute approximate surface area is 190 Å². The van der Waals surface area contributed by atoms with E-state index in [1.165, 1.54) is 22.9 Å². The molecule has 1 amide bonds. The van der Waals surface area contributed by atoms with Crippen molar-refractivity contribution in [2.75, 3.05) is 23.1 Å². The predicted molar refractivity (Wildman–Crippen MR) is 120 cm³/mol. The van der Waals surface area contributed by atoms with Crippen LogP contribution in [0.3, 0.4) is 0 Å². The number of nitrogens with zero attached hydrogens (tertiary/aromatic N) is 2. The smallest absolute Gasteiger partial charge is 0.261 e.